The van der Waals surface area contributed by atoms with Crippen LogP contribution in [0.4, 0.5) is 18.9 Å². The fourth-order valence-corrected chi connectivity index (χ4v) is 2.97. The van der Waals surface area contributed by atoms with Gasteiger partial charge in [-0.1, -0.05) is 13.8 Å². The molecular weight excluding hydrogens is 323 g/mol. The van der Waals surface area contributed by atoms with E-state index in [9.17, 15) is 13.2 Å². The first-order chi connectivity index (χ1) is 10.7. The minimum Gasteiger partial charge on any atom is -0.376 e. The second-order valence-electron chi connectivity index (χ2n) is 5.50. The van der Waals surface area contributed by atoms with Gasteiger partial charge in [0.05, 0.1) is 33.9 Å². The summed E-state index contributed by atoms with van der Waals surface area (Å²) in [4.78, 5) is 4.45. The van der Waals surface area contributed by atoms with Crippen LogP contribution in [0.25, 0.3) is 0 Å². The van der Waals surface area contributed by atoms with Gasteiger partial charge in [-0.05, 0) is 25.1 Å². The van der Waals surface area contributed by atoms with Crippen LogP contribution < -0.4 is 5.32 Å². The lowest BCUT2D eigenvalue weighted by atomic mass is 10.1. The molecule has 7 heteroatoms. The van der Waals surface area contributed by atoms with Gasteiger partial charge in [0.2, 0.25) is 0 Å². The van der Waals surface area contributed by atoms with Crippen molar-refractivity contribution in [1.29, 1.82) is 5.26 Å². The summed E-state index contributed by atoms with van der Waals surface area (Å²) in [6.07, 6.45) is -4.53. The zero-order chi connectivity index (χ0) is 17.2. The normalized spacial score (nSPS) is 13.0. The molecule has 1 unspecified atom stereocenters. The van der Waals surface area contributed by atoms with Crippen molar-refractivity contribution in [2.45, 2.75) is 38.9 Å². The first-order valence-corrected chi connectivity index (χ1v) is 7.93. The van der Waals surface area contributed by atoms with E-state index in [1.54, 1.807) is 13.0 Å². The quantitative estimate of drug-likeness (QED) is 0.819. The van der Waals surface area contributed by atoms with Crippen LogP contribution in [-0.2, 0) is 6.18 Å². The first kappa shape index (κ1) is 17.3. The van der Waals surface area contributed by atoms with Crippen LogP contribution in [0, 0.1) is 11.3 Å². The van der Waals surface area contributed by atoms with Gasteiger partial charge in [0.25, 0.3) is 0 Å². The number of anilines is 1. The van der Waals surface area contributed by atoms with Gasteiger partial charge in [-0.2, -0.15) is 18.4 Å². The fraction of sp³-hybridized carbons (Fsp3) is 0.375. The molecule has 0 saturated carbocycles. The number of aromatic nitrogens is 1. The van der Waals surface area contributed by atoms with Gasteiger partial charge in [-0.25, -0.2) is 4.98 Å². The minimum absolute atomic E-state index is 0.0220. The van der Waals surface area contributed by atoms with Crippen LogP contribution in [0.5, 0.6) is 0 Å². The van der Waals surface area contributed by atoms with Crippen molar-refractivity contribution in [2.24, 2.45) is 0 Å². The average molecular weight is 339 g/mol. The van der Waals surface area contributed by atoms with Crippen molar-refractivity contribution < 1.29 is 13.2 Å². The topological polar surface area (TPSA) is 48.7 Å². The maximum Gasteiger partial charge on any atom is 0.418 e. The van der Waals surface area contributed by atoms with Crippen molar-refractivity contribution >= 4 is 17.0 Å². The van der Waals surface area contributed by atoms with E-state index in [0.717, 1.165) is 11.1 Å². The summed E-state index contributed by atoms with van der Waals surface area (Å²) in [6, 6.07) is 4.87. The number of alkyl halides is 3. The van der Waals surface area contributed by atoms with Crippen LogP contribution in [-0.4, -0.2) is 4.98 Å². The Kier molecular flexibility index (Phi) is 4.95. The molecule has 2 rings (SSSR count). The molecule has 2 aromatic rings. The molecule has 1 heterocycles. The number of halogens is 3. The Morgan fingerprint density at radius 2 is 1.96 bits per heavy atom. The van der Waals surface area contributed by atoms with Crippen molar-refractivity contribution in [3.63, 3.8) is 0 Å². The van der Waals surface area contributed by atoms with Gasteiger partial charge >= 0.3 is 6.18 Å². The number of hydrogen-bond donors (Lipinski definition) is 1. The molecule has 1 aromatic carbocycles. The minimum atomic E-state index is -4.53. The Labute approximate surface area is 136 Å². The van der Waals surface area contributed by atoms with Crippen LogP contribution >= 0.6 is 11.3 Å². The number of rotatable bonds is 4. The SMILES string of the molecule is CC(C)c1nc(C(C)Nc2ccc(C#N)cc2C(F)(F)F)cs1. The molecule has 1 N–H and O–H groups in total. The largest absolute Gasteiger partial charge is 0.418 e. The number of nitrogens with one attached hydrogen (secondary N) is 1. The maximum atomic E-state index is 13.2. The van der Waals surface area contributed by atoms with Crippen molar-refractivity contribution in [3.8, 4) is 6.07 Å². The summed E-state index contributed by atoms with van der Waals surface area (Å²) in [5.41, 5.74) is -0.215. The number of nitriles is 1. The predicted molar refractivity (Wildman–Crippen MR) is 84.4 cm³/mol. The molecule has 0 aliphatic heterocycles. The molecule has 0 bridgehead atoms. The lowest BCUT2D eigenvalue weighted by Gasteiger charge is -2.18. The van der Waals surface area contributed by atoms with Crippen LogP contribution in [0.2, 0.25) is 0 Å². The molecule has 0 spiro atoms. The molecule has 1 aromatic heterocycles. The van der Waals surface area contributed by atoms with E-state index in [1.165, 1.54) is 23.5 Å². The van der Waals surface area contributed by atoms with E-state index in [4.69, 9.17) is 5.26 Å². The van der Waals surface area contributed by atoms with E-state index in [2.05, 4.69) is 10.3 Å². The zero-order valence-corrected chi connectivity index (χ0v) is 13.7. The molecule has 23 heavy (non-hydrogen) atoms. The van der Waals surface area contributed by atoms with Gasteiger partial charge in [0.1, 0.15) is 0 Å². The first-order valence-electron chi connectivity index (χ1n) is 7.05. The summed E-state index contributed by atoms with van der Waals surface area (Å²) < 4.78 is 39.5. The van der Waals surface area contributed by atoms with E-state index in [0.29, 0.717) is 5.69 Å². The molecule has 1 atom stereocenters. The number of thiazole rings is 1. The van der Waals surface area contributed by atoms with Crippen molar-refractivity contribution in [1.82, 2.24) is 4.98 Å². The van der Waals surface area contributed by atoms with Crippen LogP contribution in [0.1, 0.15) is 54.6 Å². The van der Waals surface area contributed by atoms with E-state index >= 15 is 0 Å². The van der Waals surface area contributed by atoms with Gasteiger partial charge in [0.15, 0.2) is 0 Å². The highest BCUT2D eigenvalue weighted by atomic mass is 32.1. The van der Waals surface area contributed by atoms with Crippen LogP contribution in [0.3, 0.4) is 0 Å². The Balaban J connectivity index is 2.30. The monoisotopic (exact) mass is 339 g/mol. The Morgan fingerprint density at radius 3 is 2.48 bits per heavy atom. The lowest BCUT2D eigenvalue weighted by Crippen LogP contribution is -2.14. The third-order valence-corrected chi connectivity index (χ3v) is 4.47. The molecule has 122 valence electrons. The lowest BCUT2D eigenvalue weighted by molar-refractivity contribution is -0.137. The summed E-state index contributed by atoms with van der Waals surface area (Å²) in [7, 11) is 0. The molecule has 0 aliphatic carbocycles. The Morgan fingerprint density at radius 1 is 1.26 bits per heavy atom. The molecule has 0 radical (unpaired) electrons. The Bertz CT molecular complexity index is 729. The van der Waals surface area contributed by atoms with Crippen molar-refractivity contribution in [3.05, 3.63) is 45.4 Å². The summed E-state index contributed by atoms with van der Waals surface area (Å²) in [5.74, 6) is 0.279. The van der Waals surface area contributed by atoms with Gasteiger partial charge in [-0.3, -0.25) is 0 Å². The van der Waals surface area contributed by atoms with E-state index in [-0.39, 0.29) is 23.2 Å². The third-order valence-electron chi connectivity index (χ3n) is 3.30. The second-order valence-corrected chi connectivity index (χ2v) is 6.39. The molecule has 0 fully saturated rings. The standard InChI is InChI=1S/C16H16F3N3S/c1-9(2)15-22-14(8-23-15)10(3)21-13-5-4-11(7-20)6-12(13)16(17,18)19/h4-6,8-10,21H,1-3H3. The maximum absolute atomic E-state index is 13.2. The Hall–Kier alpha value is -2.07. The highest BCUT2D eigenvalue weighted by molar-refractivity contribution is 7.09. The predicted octanol–water partition coefficient (Wildman–Crippen LogP) is 5.33. The molecule has 0 saturated heterocycles. The van der Waals surface area contributed by atoms with E-state index in [1.807, 2.05) is 19.2 Å². The molecule has 0 amide bonds. The average Bonchev–Trinajstić information content (AvgIpc) is 2.96. The summed E-state index contributed by atoms with van der Waals surface area (Å²) in [5, 5.41) is 14.4. The zero-order valence-electron chi connectivity index (χ0n) is 12.9. The highest BCUT2D eigenvalue weighted by Gasteiger charge is 2.34. The van der Waals surface area contributed by atoms with Crippen molar-refractivity contribution in [2.75, 3.05) is 5.32 Å². The number of hydrogen-bond acceptors (Lipinski definition) is 4. The molecular formula is C16H16F3N3S. The summed E-state index contributed by atoms with van der Waals surface area (Å²) in [6.45, 7) is 5.80. The number of benzene rings is 1. The smallest absolute Gasteiger partial charge is 0.376 e. The van der Waals surface area contributed by atoms with Crippen LogP contribution in [0.15, 0.2) is 23.6 Å². The van der Waals surface area contributed by atoms with Gasteiger partial charge in [-0.15, -0.1) is 11.3 Å². The fourth-order valence-electron chi connectivity index (χ4n) is 2.05. The number of nitrogens with zero attached hydrogens (tertiary/aromatic N) is 2. The van der Waals surface area contributed by atoms with Gasteiger partial charge < -0.3 is 5.32 Å². The molecule has 0 aliphatic rings. The van der Waals surface area contributed by atoms with E-state index < -0.39 is 11.7 Å². The molecule has 3 nitrogen and oxygen atoms in total. The highest BCUT2D eigenvalue weighted by Crippen LogP contribution is 2.37. The third kappa shape index (κ3) is 4.02. The summed E-state index contributed by atoms with van der Waals surface area (Å²) >= 11 is 1.50. The second kappa shape index (κ2) is 6.59. The van der Waals surface area contributed by atoms with Gasteiger partial charge in [0, 0.05) is 17.0 Å².